The Hall–Kier alpha value is -1.89. The Morgan fingerprint density at radius 3 is 2.65 bits per heavy atom. The number of amides is 1. The highest BCUT2D eigenvalue weighted by Gasteiger charge is 2.25. The smallest absolute Gasteiger partial charge is 0.244 e. The van der Waals surface area contributed by atoms with Crippen molar-refractivity contribution in [3.05, 3.63) is 24.3 Å². The van der Waals surface area contributed by atoms with Crippen LogP contribution in [-0.4, -0.2) is 35.4 Å². The predicted molar refractivity (Wildman–Crippen MR) is 78.3 cm³/mol. The number of hydrogen-bond acceptors (Lipinski definition) is 4. The van der Waals surface area contributed by atoms with Gasteiger partial charge in [-0.1, -0.05) is 12.1 Å². The van der Waals surface area contributed by atoms with E-state index >= 15 is 0 Å². The summed E-state index contributed by atoms with van der Waals surface area (Å²) in [6.07, 6.45) is 1.04. The number of rotatable bonds is 4. The molecule has 1 heterocycles. The second-order valence-electron chi connectivity index (χ2n) is 4.63. The molecule has 20 heavy (non-hydrogen) atoms. The second-order valence-corrected chi connectivity index (χ2v) is 7.00. The van der Waals surface area contributed by atoms with Crippen molar-refractivity contribution in [3.63, 3.8) is 0 Å². The van der Waals surface area contributed by atoms with E-state index in [1.54, 1.807) is 0 Å². The molecule has 0 unspecified atom stereocenters. The third-order valence-electron chi connectivity index (χ3n) is 3.22. The van der Waals surface area contributed by atoms with Gasteiger partial charge in [0, 0.05) is 12.8 Å². The van der Waals surface area contributed by atoms with E-state index in [0.717, 1.165) is 17.3 Å². The van der Waals surface area contributed by atoms with Crippen molar-refractivity contribution in [2.45, 2.75) is 25.6 Å². The topological polar surface area (TPSA) is 81.1 Å². The van der Waals surface area contributed by atoms with Crippen LogP contribution >= 0.6 is 0 Å². The molecule has 0 fully saturated rings. The average molecular weight is 295 g/mol. The number of sulfone groups is 1. The summed E-state index contributed by atoms with van der Waals surface area (Å²) in [5.74, 6) is -0.202. The van der Waals surface area contributed by atoms with Gasteiger partial charge in [-0.3, -0.25) is 10.1 Å². The molecule has 0 spiro atoms. The molecule has 1 aromatic carbocycles. The number of aromatic nitrogens is 2. The average Bonchev–Trinajstić information content (AvgIpc) is 2.73. The van der Waals surface area contributed by atoms with Gasteiger partial charge < -0.3 is 4.57 Å². The quantitative estimate of drug-likeness (QED) is 0.925. The fourth-order valence-corrected chi connectivity index (χ4v) is 2.35. The molecule has 0 bridgehead atoms. The lowest BCUT2D eigenvalue weighted by Gasteiger charge is -2.11. The lowest BCUT2D eigenvalue weighted by atomic mass is 10.3. The van der Waals surface area contributed by atoms with Crippen molar-refractivity contribution >= 4 is 32.7 Å². The SMILES string of the molecule is CCn1c(NC(=O)[C@H](C)S(C)(=O)=O)nc2ccccc21. The second kappa shape index (κ2) is 5.24. The Kier molecular flexibility index (Phi) is 3.80. The first-order valence-corrected chi connectivity index (χ1v) is 8.25. The van der Waals surface area contributed by atoms with Crippen LogP contribution in [0.4, 0.5) is 5.95 Å². The minimum absolute atomic E-state index is 0.370. The summed E-state index contributed by atoms with van der Waals surface area (Å²) in [5, 5.41) is 1.49. The van der Waals surface area contributed by atoms with Crippen molar-refractivity contribution in [3.8, 4) is 0 Å². The van der Waals surface area contributed by atoms with Gasteiger partial charge in [-0.05, 0) is 26.0 Å². The van der Waals surface area contributed by atoms with E-state index in [4.69, 9.17) is 0 Å². The number of carbonyl (C=O) groups excluding carboxylic acids is 1. The molecule has 2 aromatic rings. The monoisotopic (exact) mass is 295 g/mol. The number of nitrogens with one attached hydrogen (secondary N) is 1. The van der Waals surface area contributed by atoms with Gasteiger partial charge in [0.2, 0.25) is 11.9 Å². The molecule has 0 radical (unpaired) electrons. The van der Waals surface area contributed by atoms with Gasteiger partial charge >= 0.3 is 0 Å². The summed E-state index contributed by atoms with van der Waals surface area (Å²) >= 11 is 0. The number of anilines is 1. The molecule has 1 amide bonds. The van der Waals surface area contributed by atoms with Crippen LogP contribution in [0.3, 0.4) is 0 Å². The van der Waals surface area contributed by atoms with E-state index in [1.807, 2.05) is 35.8 Å². The molecule has 0 aliphatic carbocycles. The highest BCUT2D eigenvalue weighted by Crippen LogP contribution is 2.19. The van der Waals surface area contributed by atoms with Gasteiger partial charge in [-0.25, -0.2) is 13.4 Å². The summed E-state index contributed by atoms with van der Waals surface area (Å²) in [6, 6.07) is 7.50. The number of carbonyl (C=O) groups is 1. The molecule has 6 nitrogen and oxygen atoms in total. The number of imidazole rings is 1. The summed E-state index contributed by atoms with van der Waals surface area (Å²) < 4.78 is 24.6. The van der Waals surface area contributed by atoms with Crippen molar-refractivity contribution in [1.82, 2.24) is 9.55 Å². The van der Waals surface area contributed by atoms with Crippen LogP contribution in [0.2, 0.25) is 0 Å². The van der Waals surface area contributed by atoms with Crippen LogP contribution in [0.25, 0.3) is 11.0 Å². The lowest BCUT2D eigenvalue weighted by Crippen LogP contribution is -2.32. The number of hydrogen-bond donors (Lipinski definition) is 1. The molecule has 108 valence electrons. The van der Waals surface area contributed by atoms with E-state index in [9.17, 15) is 13.2 Å². The maximum atomic E-state index is 12.0. The molecular weight excluding hydrogens is 278 g/mol. The minimum atomic E-state index is -3.42. The van der Waals surface area contributed by atoms with Crippen molar-refractivity contribution in [1.29, 1.82) is 0 Å². The first kappa shape index (κ1) is 14.5. The van der Waals surface area contributed by atoms with Crippen LogP contribution in [0.15, 0.2) is 24.3 Å². The normalized spacial score (nSPS) is 13.3. The number of nitrogens with zero attached hydrogens (tertiary/aromatic N) is 2. The van der Waals surface area contributed by atoms with Gasteiger partial charge in [-0.2, -0.15) is 0 Å². The summed E-state index contributed by atoms with van der Waals surface area (Å²) in [7, 11) is -3.42. The van der Waals surface area contributed by atoms with E-state index in [-0.39, 0.29) is 0 Å². The van der Waals surface area contributed by atoms with Crippen molar-refractivity contribution in [2.75, 3.05) is 11.6 Å². The molecule has 0 saturated carbocycles. The van der Waals surface area contributed by atoms with Crippen LogP contribution in [0, 0.1) is 0 Å². The van der Waals surface area contributed by atoms with Gasteiger partial charge in [0.05, 0.1) is 11.0 Å². The van der Waals surface area contributed by atoms with E-state index in [1.165, 1.54) is 6.92 Å². The Morgan fingerprint density at radius 1 is 1.40 bits per heavy atom. The number of para-hydroxylation sites is 2. The Morgan fingerprint density at radius 2 is 2.05 bits per heavy atom. The molecule has 1 N–H and O–H groups in total. The third kappa shape index (κ3) is 2.67. The van der Waals surface area contributed by atoms with E-state index in [0.29, 0.717) is 12.5 Å². The van der Waals surface area contributed by atoms with Gasteiger partial charge in [-0.15, -0.1) is 0 Å². The van der Waals surface area contributed by atoms with Gasteiger partial charge in [0.15, 0.2) is 9.84 Å². The maximum Gasteiger partial charge on any atom is 0.244 e. The summed E-state index contributed by atoms with van der Waals surface area (Å²) in [6.45, 7) is 3.93. The molecule has 0 aliphatic heterocycles. The van der Waals surface area contributed by atoms with Crippen molar-refractivity contribution in [2.24, 2.45) is 0 Å². The molecule has 1 atom stereocenters. The van der Waals surface area contributed by atoms with E-state index in [2.05, 4.69) is 10.3 Å². The maximum absolute atomic E-state index is 12.0. The molecule has 0 saturated heterocycles. The Bertz CT molecular complexity index is 749. The highest BCUT2D eigenvalue weighted by molar-refractivity contribution is 7.92. The third-order valence-corrected chi connectivity index (χ3v) is 4.72. The zero-order valence-corrected chi connectivity index (χ0v) is 12.4. The number of aryl methyl sites for hydroxylation is 1. The predicted octanol–water partition coefficient (Wildman–Crippen LogP) is 1.43. The van der Waals surface area contributed by atoms with Crippen LogP contribution in [-0.2, 0) is 21.2 Å². The fourth-order valence-electron chi connectivity index (χ4n) is 1.90. The zero-order valence-electron chi connectivity index (χ0n) is 11.6. The highest BCUT2D eigenvalue weighted by atomic mass is 32.2. The van der Waals surface area contributed by atoms with Crippen molar-refractivity contribution < 1.29 is 13.2 Å². The first-order chi connectivity index (χ1) is 9.34. The minimum Gasteiger partial charge on any atom is -0.310 e. The number of benzene rings is 1. The zero-order chi connectivity index (χ0) is 14.9. The number of fused-ring (bicyclic) bond motifs is 1. The molecule has 1 aromatic heterocycles. The molecular formula is C13H17N3O3S. The fraction of sp³-hybridized carbons (Fsp3) is 0.385. The summed E-state index contributed by atoms with van der Waals surface area (Å²) in [5.41, 5.74) is 1.66. The summed E-state index contributed by atoms with van der Waals surface area (Å²) in [4.78, 5) is 16.3. The van der Waals surface area contributed by atoms with E-state index < -0.39 is 21.0 Å². The molecule has 0 aliphatic rings. The standard InChI is InChI=1S/C13H17N3O3S/c1-4-16-11-8-6-5-7-10(11)14-13(16)15-12(17)9(2)20(3,18)19/h5-9H,4H2,1-3H3,(H,14,15,17)/t9-/m0/s1. The molecule has 7 heteroatoms. The van der Waals surface area contributed by atoms with Crippen LogP contribution in [0.5, 0.6) is 0 Å². The van der Waals surface area contributed by atoms with Gasteiger partial charge in [0.25, 0.3) is 0 Å². The Labute approximate surface area is 117 Å². The molecule has 2 rings (SSSR count). The van der Waals surface area contributed by atoms with Crippen LogP contribution < -0.4 is 5.32 Å². The van der Waals surface area contributed by atoms with Gasteiger partial charge in [0.1, 0.15) is 5.25 Å². The first-order valence-electron chi connectivity index (χ1n) is 6.29. The lowest BCUT2D eigenvalue weighted by molar-refractivity contribution is -0.115. The largest absolute Gasteiger partial charge is 0.310 e. The van der Waals surface area contributed by atoms with Crippen LogP contribution in [0.1, 0.15) is 13.8 Å². The Balaban J connectivity index is 2.37.